The lowest BCUT2D eigenvalue weighted by Gasteiger charge is -2.30. The number of fused-ring (bicyclic) bond motifs is 1. The Morgan fingerprint density at radius 3 is 2.70 bits per heavy atom. The first-order chi connectivity index (χ1) is 12.8. The van der Waals surface area contributed by atoms with Crippen LogP contribution < -0.4 is 16.0 Å². The molecular weight excluding hydrogens is 393 g/mol. The van der Waals surface area contributed by atoms with E-state index in [1.165, 1.54) is 24.0 Å². The number of nitrogen functional groups attached to an aromatic ring is 1. The normalized spacial score (nSPS) is 14.2. The standard InChI is InChI=1S/C18H15Cl2N3O4/c1-9(27-18(26)11-6-10(19)7-12(20)16(11)21)17(25)23-8-15(24)22-13-4-2-3-5-14(13)23/h2-7,9H,8,21H2,1H3,(H,22,24)/t9-/m0/s1. The highest BCUT2D eigenvalue weighted by molar-refractivity contribution is 6.37. The van der Waals surface area contributed by atoms with Crippen LogP contribution in [-0.2, 0) is 14.3 Å². The molecule has 1 heterocycles. The highest BCUT2D eigenvalue weighted by Crippen LogP contribution is 2.31. The molecule has 140 valence electrons. The Morgan fingerprint density at radius 2 is 1.96 bits per heavy atom. The summed E-state index contributed by atoms with van der Waals surface area (Å²) in [5, 5.41) is 3.00. The molecule has 2 aromatic rings. The van der Waals surface area contributed by atoms with Crippen molar-refractivity contribution in [3.8, 4) is 0 Å². The summed E-state index contributed by atoms with van der Waals surface area (Å²) in [5.41, 5.74) is 6.79. The van der Waals surface area contributed by atoms with E-state index in [0.29, 0.717) is 11.4 Å². The zero-order valence-electron chi connectivity index (χ0n) is 14.2. The van der Waals surface area contributed by atoms with Crippen LogP contribution in [0, 0.1) is 0 Å². The van der Waals surface area contributed by atoms with Crippen LogP contribution in [0.4, 0.5) is 17.1 Å². The number of benzene rings is 2. The topological polar surface area (TPSA) is 102 Å². The quantitative estimate of drug-likeness (QED) is 0.600. The number of rotatable bonds is 3. The Balaban J connectivity index is 1.81. The Hall–Kier alpha value is -2.77. The van der Waals surface area contributed by atoms with Crippen molar-refractivity contribution in [3.05, 3.63) is 52.0 Å². The second-order valence-corrected chi connectivity index (χ2v) is 6.73. The van der Waals surface area contributed by atoms with Crippen LogP contribution in [0.1, 0.15) is 17.3 Å². The molecule has 3 N–H and O–H groups in total. The van der Waals surface area contributed by atoms with Gasteiger partial charge in [-0.05, 0) is 31.2 Å². The minimum Gasteiger partial charge on any atom is -0.449 e. The lowest BCUT2D eigenvalue weighted by atomic mass is 10.1. The summed E-state index contributed by atoms with van der Waals surface area (Å²) in [5.74, 6) is -1.73. The lowest BCUT2D eigenvalue weighted by molar-refractivity contribution is -0.128. The molecule has 0 saturated carbocycles. The lowest BCUT2D eigenvalue weighted by Crippen LogP contribution is -2.47. The molecule has 1 aliphatic heterocycles. The zero-order chi connectivity index (χ0) is 19.7. The van der Waals surface area contributed by atoms with Crippen LogP contribution >= 0.6 is 23.2 Å². The molecule has 1 aliphatic rings. The summed E-state index contributed by atoms with van der Waals surface area (Å²) >= 11 is 11.8. The smallest absolute Gasteiger partial charge is 0.341 e. The number of nitrogens with two attached hydrogens (primary N) is 1. The highest BCUT2D eigenvalue weighted by Gasteiger charge is 2.32. The van der Waals surface area contributed by atoms with Gasteiger partial charge in [0.25, 0.3) is 5.91 Å². The Labute approximate surface area is 165 Å². The van der Waals surface area contributed by atoms with Crippen LogP contribution in [0.25, 0.3) is 0 Å². The summed E-state index contributed by atoms with van der Waals surface area (Å²) < 4.78 is 5.23. The Kier molecular flexibility index (Phi) is 5.25. The highest BCUT2D eigenvalue weighted by atomic mass is 35.5. The summed E-state index contributed by atoms with van der Waals surface area (Å²) in [6.45, 7) is 1.24. The van der Waals surface area contributed by atoms with Gasteiger partial charge in [-0.25, -0.2) is 4.79 Å². The predicted octanol–water partition coefficient (Wildman–Crippen LogP) is 3.11. The Bertz CT molecular complexity index is 948. The fraction of sp³-hybridized carbons (Fsp3) is 0.167. The number of carbonyl (C=O) groups excluding carboxylic acids is 3. The fourth-order valence-electron chi connectivity index (χ4n) is 2.68. The molecule has 2 amide bonds. The number of carbonyl (C=O) groups is 3. The second-order valence-electron chi connectivity index (χ2n) is 5.89. The number of hydrogen-bond donors (Lipinski definition) is 2. The maximum atomic E-state index is 12.8. The van der Waals surface area contributed by atoms with Crippen molar-refractivity contribution < 1.29 is 19.1 Å². The van der Waals surface area contributed by atoms with Crippen molar-refractivity contribution in [2.75, 3.05) is 22.5 Å². The van der Waals surface area contributed by atoms with Gasteiger partial charge in [-0.15, -0.1) is 0 Å². The molecule has 0 bridgehead atoms. The minimum atomic E-state index is -1.16. The Morgan fingerprint density at radius 1 is 1.26 bits per heavy atom. The van der Waals surface area contributed by atoms with E-state index < -0.39 is 18.0 Å². The van der Waals surface area contributed by atoms with E-state index in [4.69, 9.17) is 33.7 Å². The third-order valence-electron chi connectivity index (χ3n) is 3.98. The number of halogens is 2. The molecule has 7 nitrogen and oxygen atoms in total. The molecular formula is C18H15Cl2N3O4. The molecule has 9 heteroatoms. The molecule has 0 fully saturated rings. The molecule has 0 aliphatic carbocycles. The van der Waals surface area contributed by atoms with E-state index in [2.05, 4.69) is 5.32 Å². The van der Waals surface area contributed by atoms with Crippen LogP contribution in [0.2, 0.25) is 10.0 Å². The van der Waals surface area contributed by atoms with Crippen LogP contribution in [0.3, 0.4) is 0 Å². The van der Waals surface area contributed by atoms with Crippen LogP contribution in [0.5, 0.6) is 0 Å². The average Bonchev–Trinajstić information content (AvgIpc) is 2.63. The van der Waals surface area contributed by atoms with Gasteiger partial charge < -0.3 is 15.8 Å². The SMILES string of the molecule is C[C@H](OC(=O)c1cc(Cl)cc(Cl)c1N)C(=O)N1CC(=O)Nc2ccccc21. The number of para-hydroxylation sites is 2. The van der Waals surface area contributed by atoms with Crippen molar-refractivity contribution in [3.63, 3.8) is 0 Å². The number of nitrogens with zero attached hydrogens (tertiary/aromatic N) is 1. The fourth-order valence-corrected chi connectivity index (χ4v) is 3.17. The molecule has 0 saturated heterocycles. The van der Waals surface area contributed by atoms with Crippen molar-refractivity contribution in [1.82, 2.24) is 0 Å². The molecule has 0 spiro atoms. The molecule has 27 heavy (non-hydrogen) atoms. The first kappa shape index (κ1) is 19.0. The summed E-state index contributed by atoms with van der Waals surface area (Å²) in [7, 11) is 0. The second kappa shape index (κ2) is 7.46. The van der Waals surface area contributed by atoms with Gasteiger partial charge >= 0.3 is 5.97 Å². The predicted molar refractivity (Wildman–Crippen MR) is 103 cm³/mol. The van der Waals surface area contributed by atoms with Crippen LogP contribution in [0.15, 0.2) is 36.4 Å². The number of amides is 2. The molecule has 0 aromatic heterocycles. The van der Waals surface area contributed by atoms with Gasteiger partial charge in [-0.3, -0.25) is 14.5 Å². The van der Waals surface area contributed by atoms with E-state index in [1.54, 1.807) is 24.3 Å². The number of esters is 1. The molecule has 1 atom stereocenters. The van der Waals surface area contributed by atoms with E-state index >= 15 is 0 Å². The first-order valence-electron chi connectivity index (χ1n) is 7.93. The number of nitrogens with one attached hydrogen (secondary N) is 1. The molecule has 3 rings (SSSR count). The third kappa shape index (κ3) is 3.84. The molecule has 2 aromatic carbocycles. The number of ether oxygens (including phenoxy) is 1. The van der Waals surface area contributed by atoms with Gasteiger partial charge in [0.1, 0.15) is 6.54 Å². The van der Waals surface area contributed by atoms with Gasteiger partial charge in [-0.2, -0.15) is 0 Å². The van der Waals surface area contributed by atoms with Crippen molar-refractivity contribution in [2.45, 2.75) is 13.0 Å². The number of hydrogen-bond acceptors (Lipinski definition) is 5. The summed E-state index contributed by atoms with van der Waals surface area (Å²) in [6.07, 6.45) is -1.16. The van der Waals surface area contributed by atoms with E-state index in [0.717, 1.165) is 0 Å². The maximum absolute atomic E-state index is 12.8. The largest absolute Gasteiger partial charge is 0.449 e. The van der Waals surface area contributed by atoms with E-state index in [9.17, 15) is 14.4 Å². The first-order valence-corrected chi connectivity index (χ1v) is 8.69. The minimum absolute atomic E-state index is 0.00779. The van der Waals surface area contributed by atoms with Crippen molar-refractivity contribution in [1.29, 1.82) is 0 Å². The zero-order valence-corrected chi connectivity index (χ0v) is 15.7. The summed E-state index contributed by atoms with van der Waals surface area (Å²) in [6, 6.07) is 9.55. The third-order valence-corrected chi connectivity index (χ3v) is 4.51. The van der Waals surface area contributed by atoms with Gasteiger partial charge in [0.15, 0.2) is 6.10 Å². The van der Waals surface area contributed by atoms with E-state index in [1.807, 2.05) is 0 Å². The number of anilines is 3. The van der Waals surface area contributed by atoms with Gasteiger partial charge in [0, 0.05) is 5.02 Å². The molecule has 0 unspecified atom stereocenters. The molecule has 0 radical (unpaired) electrons. The van der Waals surface area contributed by atoms with Gasteiger partial charge in [0.2, 0.25) is 5.91 Å². The monoisotopic (exact) mass is 407 g/mol. The average molecular weight is 408 g/mol. The van der Waals surface area contributed by atoms with Gasteiger partial charge in [-0.1, -0.05) is 35.3 Å². The van der Waals surface area contributed by atoms with Gasteiger partial charge in [0.05, 0.1) is 27.6 Å². The maximum Gasteiger partial charge on any atom is 0.341 e. The van der Waals surface area contributed by atoms with E-state index in [-0.39, 0.29) is 33.7 Å². The van der Waals surface area contributed by atoms with Crippen molar-refractivity contribution >= 4 is 58.0 Å². The van der Waals surface area contributed by atoms with Crippen LogP contribution in [-0.4, -0.2) is 30.4 Å². The summed E-state index contributed by atoms with van der Waals surface area (Å²) in [4.78, 5) is 38.3. The van der Waals surface area contributed by atoms with Crippen molar-refractivity contribution in [2.24, 2.45) is 0 Å².